The lowest BCUT2D eigenvalue weighted by atomic mass is 10.3. The molecule has 0 radical (unpaired) electrons. The van der Waals surface area contributed by atoms with Gasteiger partial charge in [-0.25, -0.2) is 4.79 Å². The monoisotopic (exact) mass is 288 g/mol. The summed E-state index contributed by atoms with van der Waals surface area (Å²) >= 11 is 0. The summed E-state index contributed by atoms with van der Waals surface area (Å²) < 4.78 is 7.19. The maximum atomic E-state index is 12.2. The van der Waals surface area contributed by atoms with Crippen LogP contribution in [0.1, 0.15) is 19.9 Å². The molecule has 6 heteroatoms. The quantitative estimate of drug-likeness (QED) is 0.624. The maximum absolute atomic E-state index is 12.2. The first-order valence-corrected chi connectivity index (χ1v) is 6.62. The van der Waals surface area contributed by atoms with Crippen molar-refractivity contribution in [1.82, 2.24) is 9.13 Å². The number of ether oxygens (including phenoxy) is 1. The number of nitrogens with zero attached hydrogens (tertiary/aromatic N) is 2. The summed E-state index contributed by atoms with van der Waals surface area (Å²) in [4.78, 5) is 36.0. The summed E-state index contributed by atoms with van der Waals surface area (Å²) in [6.07, 6.45) is 2.88. The highest BCUT2D eigenvalue weighted by atomic mass is 16.5. The molecule has 1 aromatic heterocycles. The Morgan fingerprint density at radius 2 is 1.81 bits per heavy atom. The van der Waals surface area contributed by atoms with E-state index in [0.717, 1.165) is 4.57 Å². The standard InChI is InChI=1S/C15H16N2O4/c1-3-21-15(20)11(2)16-9-10-17(14(19)13(16)18)12-7-5-4-6-8-12/h4-11H,3H2,1-2H3. The van der Waals surface area contributed by atoms with E-state index in [2.05, 4.69) is 0 Å². The van der Waals surface area contributed by atoms with Gasteiger partial charge in [0.2, 0.25) is 0 Å². The van der Waals surface area contributed by atoms with Crippen molar-refractivity contribution < 1.29 is 9.53 Å². The number of para-hydroxylation sites is 1. The molecule has 0 amide bonds. The molecule has 0 bridgehead atoms. The molecule has 0 aliphatic rings. The van der Waals surface area contributed by atoms with Crippen molar-refractivity contribution in [1.29, 1.82) is 0 Å². The van der Waals surface area contributed by atoms with Crippen LogP contribution < -0.4 is 11.1 Å². The minimum absolute atomic E-state index is 0.221. The zero-order chi connectivity index (χ0) is 15.4. The molecule has 0 spiro atoms. The van der Waals surface area contributed by atoms with Crippen molar-refractivity contribution in [2.45, 2.75) is 19.9 Å². The number of aromatic nitrogens is 2. The number of hydrogen-bond donors (Lipinski definition) is 0. The zero-order valence-electron chi connectivity index (χ0n) is 11.9. The average molecular weight is 288 g/mol. The summed E-state index contributed by atoms with van der Waals surface area (Å²) in [5.74, 6) is -0.545. The van der Waals surface area contributed by atoms with Gasteiger partial charge in [-0.15, -0.1) is 0 Å². The number of carbonyl (C=O) groups excluding carboxylic acids is 1. The Hall–Kier alpha value is -2.63. The van der Waals surface area contributed by atoms with Crippen molar-refractivity contribution in [2.24, 2.45) is 0 Å². The Morgan fingerprint density at radius 1 is 1.14 bits per heavy atom. The van der Waals surface area contributed by atoms with E-state index in [1.54, 1.807) is 31.2 Å². The maximum Gasteiger partial charge on any atom is 0.328 e. The molecule has 0 N–H and O–H groups in total. The van der Waals surface area contributed by atoms with Crippen molar-refractivity contribution in [3.63, 3.8) is 0 Å². The van der Waals surface area contributed by atoms with Crippen LogP contribution in [0.3, 0.4) is 0 Å². The van der Waals surface area contributed by atoms with Crippen LogP contribution in [0.4, 0.5) is 0 Å². The fourth-order valence-electron chi connectivity index (χ4n) is 1.96. The van der Waals surface area contributed by atoms with Gasteiger partial charge in [-0.3, -0.25) is 18.7 Å². The molecule has 6 nitrogen and oxygen atoms in total. The summed E-state index contributed by atoms with van der Waals surface area (Å²) in [6.45, 7) is 3.42. The molecule has 1 atom stereocenters. The third-order valence-electron chi connectivity index (χ3n) is 3.09. The Balaban J connectivity index is 2.46. The van der Waals surface area contributed by atoms with Gasteiger partial charge >= 0.3 is 17.1 Å². The molecule has 0 aliphatic heterocycles. The fourth-order valence-corrected chi connectivity index (χ4v) is 1.96. The van der Waals surface area contributed by atoms with Crippen LogP contribution in [-0.4, -0.2) is 21.7 Å². The molecule has 21 heavy (non-hydrogen) atoms. The van der Waals surface area contributed by atoms with Gasteiger partial charge in [0.05, 0.1) is 6.61 Å². The summed E-state index contributed by atoms with van der Waals surface area (Å²) in [7, 11) is 0. The first-order chi connectivity index (χ1) is 10.1. The number of carbonyl (C=O) groups is 1. The van der Waals surface area contributed by atoms with Gasteiger partial charge in [0.1, 0.15) is 6.04 Å². The van der Waals surface area contributed by atoms with Gasteiger partial charge in [0, 0.05) is 18.1 Å². The average Bonchev–Trinajstić information content (AvgIpc) is 2.50. The molecular formula is C15H16N2O4. The molecule has 0 saturated heterocycles. The van der Waals surface area contributed by atoms with Gasteiger partial charge in [-0.2, -0.15) is 0 Å². The van der Waals surface area contributed by atoms with Crippen molar-refractivity contribution in [3.05, 3.63) is 63.4 Å². The number of hydrogen-bond acceptors (Lipinski definition) is 4. The zero-order valence-corrected chi connectivity index (χ0v) is 11.9. The van der Waals surface area contributed by atoms with Gasteiger partial charge in [0.15, 0.2) is 0 Å². The Labute approximate surface area is 121 Å². The molecule has 0 saturated carbocycles. The van der Waals surface area contributed by atoms with E-state index >= 15 is 0 Å². The summed E-state index contributed by atoms with van der Waals surface area (Å²) in [5.41, 5.74) is -0.878. The minimum atomic E-state index is -0.837. The SMILES string of the molecule is CCOC(=O)C(C)n1ccn(-c2ccccc2)c(=O)c1=O. The Morgan fingerprint density at radius 3 is 2.43 bits per heavy atom. The summed E-state index contributed by atoms with van der Waals surface area (Å²) in [5, 5.41) is 0. The molecule has 1 heterocycles. The minimum Gasteiger partial charge on any atom is -0.464 e. The van der Waals surface area contributed by atoms with E-state index in [4.69, 9.17) is 4.74 Å². The second-order valence-corrected chi connectivity index (χ2v) is 4.45. The lowest BCUT2D eigenvalue weighted by Gasteiger charge is -2.14. The van der Waals surface area contributed by atoms with Crippen LogP contribution in [-0.2, 0) is 9.53 Å². The van der Waals surface area contributed by atoms with E-state index in [9.17, 15) is 14.4 Å². The number of rotatable bonds is 4. The van der Waals surface area contributed by atoms with E-state index < -0.39 is 23.1 Å². The van der Waals surface area contributed by atoms with Gasteiger partial charge < -0.3 is 4.74 Å². The second-order valence-electron chi connectivity index (χ2n) is 4.45. The molecule has 1 aromatic carbocycles. The van der Waals surface area contributed by atoms with Crippen LogP contribution >= 0.6 is 0 Å². The van der Waals surface area contributed by atoms with Crippen LogP contribution in [0.15, 0.2) is 52.3 Å². The topological polar surface area (TPSA) is 70.3 Å². The van der Waals surface area contributed by atoms with E-state index in [1.165, 1.54) is 23.9 Å². The van der Waals surface area contributed by atoms with Crippen LogP contribution in [0.25, 0.3) is 5.69 Å². The first-order valence-electron chi connectivity index (χ1n) is 6.62. The highest BCUT2D eigenvalue weighted by Crippen LogP contribution is 2.06. The van der Waals surface area contributed by atoms with Crippen molar-refractivity contribution in [2.75, 3.05) is 6.61 Å². The largest absolute Gasteiger partial charge is 0.464 e. The Bertz CT molecular complexity index is 746. The summed E-state index contributed by atoms with van der Waals surface area (Å²) in [6, 6.07) is 7.97. The van der Waals surface area contributed by atoms with E-state index in [0.29, 0.717) is 5.69 Å². The van der Waals surface area contributed by atoms with Crippen molar-refractivity contribution in [3.8, 4) is 5.69 Å². The third-order valence-corrected chi connectivity index (χ3v) is 3.09. The molecule has 110 valence electrons. The molecule has 1 unspecified atom stereocenters. The Kier molecular flexibility index (Phi) is 4.37. The highest BCUT2D eigenvalue weighted by molar-refractivity contribution is 5.73. The first kappa shape index (κ1) is 14.8. The van der Waals surface area contributed by atoms with Crippen LogP contribution in [0.2, 0.25) is 0 Å². The van der Waals surface area contributed by atoms with E-state index in [-0.39, 0.29) is 6.61 Å². The lowest BCUT2D eigenvalue weighted by Crippen LogP contribution is -2.42. The fraction of sp³-hybridized carbons (Fsp3) is 0.267. The third kappa shape index (κ3) is 2.94. The number of esters is 1. The number of benzene rings is 1. The van der Waals surface area contributed by atoms with Crippen LogP contribution in [0, 0.1) is 0 Å². The van der Waals surface area contributed by atoms with Gasteiger partial charge in [0.25, 0.3) is 0 Å². The van der Waals surface area contributed by atoms with Gasteiger partial charge in [-0.1, -0.05) is 18.2 Å². The van der Waals surface area contributed by atoms with E-state index in [1.807, 2.05) is 6.07 Å². The predicted octanol–water partition coefficient (Wildman–Crippen LogP) is 1.12. The molecule has 2 aromatic rings. The predicted molar refractivity (Wildman–Crippen MR) is 77.6 cm³/mol. The molecular weight excluding hydrogens is 272 g/mol. The second kappa shape index (κ2) is 6.21. The molecule has 0 fully saturated rings. The van der Waals surface area contributed by atoms with Gasteiger partial charge in [-0.05, 0) is 26.0 Å². The van der Waals surface area contributed by atoms with Crippen molar-refractivity contribution >= 4 is 5.97 Å². The molecule has 0 aliphatic carbocycles. The molecule has 2 rings (SSSR count). The lowest BCUT2D eigenvalue weighted by molar-refractivity contribution is -0.146. The highest BCUT2D eigenvalue weighted by Gasteiger charge is 2.19. The smallest absolute Gasteiger partial charge is 0.328 e. The van der Waals surface area contributed by atoms with Crippen LogP contribution in [0.5, 0.6) is 0 Å². The normalized spacial score (nSPS) is 11.9.